The second-order valence-corrected chi connectivity index (χ2v) is 13.6. The highest BCUT2D eigenvalue weighted by Gasteiger charge is 2.68. The van der Waals surface area contributed by atoms with Crippen molar-refractivity contribution >= 4 is 23.8 Å². The number of esters is 2. The van der Waals surface area contributed by atoms with E-state index >= 15 is 0 Å². The lowest BCUT2D eigenvalue weighted by Gasteiger charge is -2.61. The van der Waals surface area contributed by atoms with Gasteiger partial charge in [0.25, 0.3) is 0 Å². The van der Waals surface area contributed by atoms with Gasteiger partial charge in [0.05, 0.1) is 7.11 Å². The normalized spacial score (nSPS) is 40.1. The Morgan fingerprint density at radius 2 is 1.77 bits per heavy atom. The number of fused-ring (bicyclic) bond motifs is 5. The predicted molar refractivity (Wildman–Crippen MR) is 152 cm³/mol. The molecule has 0 aromatic rings. The topological polar surface area (TPSA) is 111 Å². The molecule has 0 radical (unpaired) electrons. The molecule has 2 saturated heterocycles. The molecule has 2 heterocycles. The molecule has 0 aromatic heterocycles. The number of amides is 2. The molecule has 2 N–H and O–H groups in total. The van der Waals surface area contributed by atoms with Crippen LogP contribution < -0.4 is 10.6 Å². The highest BCUT2D eigenvalue weighted by atomic mass is 16.5. The molecule has 40 heavy (non-hydrogen) atoms. The van der Waals surface area contributed by atoms with Gasteiger partial charge in [-0.1, -0.05) is 39.3 Å². The average molecular weight is 557 g/mol. The SMILES string of the molecule is COC(=O)/C(CCC=C(C)C)=C1\[C@@H](OC(C)=O)C[C@@]2(C)[C@H]1CC(=O)N[C@H]1[C@@]3(C)CCNC(=O)[C@@H](C)[C@@H]3CC[C@@]12C. The summed E-state index contributed by atoms with van der Waals surface area (Å²) in [5, 5.41) is 6.55. The maximum Gasteiger partial charge on any atom is 0.333 e. The smallest absolute Gasteiger partial charge is 0.333 e. The van der Waals surface area contributed by atoms with Gasteiger partial charge < -0.3 is 20.1 Å². The average Bonchev–Trinajstić information content (AvgIpc) is 3.02. The number of allylic oxidation sites excluding steroid dienone is 2. The molecule has 222 valence electrons. The van der Waals surface area contributed by atoms with Crippen molar-refractivity contribution < 1.29 is 28.7 Å². The molecule has 0 unspecified atom stereocenters. The van der Waals surface area contributed by atoms with Crippen molar-refractivity contribution in [2.75, 3.05) is 13.7 Å². The summed E-state index contributed by atoms with van der Waals surface area (Å²) in [6.07, 6.45) is 5.81. The first-order valence-electron chi connectivity index (χ1n) is 14.9. The van der Waals surface area contributed by atoms with Crippen LogP contribution in [0.5, 0.6) is 0 Å². The van der Waals surface area contributed by atoms with Crippen LogP contribution in [0.4, 0.5) is 0 Å². The first-order valence-corrected chi connectivity index (χ1v) is 14.9. The van der Waals surface area contributed by atoms with Crippen LogP contribution in [0, 0.1) is 34.0 Å². The Hall–Kier alpha value is -2.64. The minimum absolute atomic E-state index is 0.0579. The fraction of sp³-hybridized carbons (Fsp3) is 0.750. The molecule has 2 saturated carbocycles. The van der Waals surface area contributed by atoms with Crippen molar-refractivity contribution in [1.82, 2.24) is 10.6 Å². The zero-order valence-corrected chi connectivity index (χ0v) is 25.6. The molecule has 4 rings (SSSR count). The monoisotopic (exact) mass is 556 g/mol. The van der Waals surface area contributed by atoms with E-state index in [1.165, 1.54) is 14.0 Å². The van der Waals surface area contributed by atoms with Crippen molar-refractivity contribution in [2.24, 2.45) is 34.0 Å². The fourth-order valence-electron chi connectivity index (χ4n) is 9.04. The van der Waals surface area contributed by atoms with Crippen LogP contribution in [0.2, 0.25) is 0 Å². The van der Waals surface area contributed by atoms with Crippen LogP contribution in [0.3, 0.4) is 0 Å². The Kier molecular flexibility index (Phi) is 8.32. The van der Waals surface area contributed by atoms with Gasteiger partial charge in [-0.3, -0.25) is 14.4 Å². The van der Waals surface area contributed by atoms with Gasteiger partial charge in [0, 0.05) is 37.4 Å². The van der Waals surface area contributed by atoms with Crippen LogP contribution in [0.25, 0.3) is 0 Å². The standard InChI is InChI=1S/C32H48N2O6/c1-18(2)10-9-11-21(28(38)39-8)26-23-16-25(36)34-29-30(5)14-15-33-27(37)19(3)22(30)12-13-31(29,6)32(23,7)17-24(26)40-20(4)35/h10,19,22-24,29H,9,11-17H2,1-8H3,(H,33,37)(H,34,36)/b26-21-/t19-,22-,23-,24-,29-,30-,31-,32-/m0/s1. The van der Waals surface area contributed by atoms with Crippen LogP contribution in [0.15, 0.2) is 22.8 Å². The van der Waals surface area contributed by atoms with Gasteiger partial charge >= 0.3 is 11.9 Å². The van der Waals surface area contributed by atoms with Gasteiger partial charge in [-0.2, -0.15) is 0 Å². The summed E-state index contributed by atoms with van der Waals surface area (Å²) < 4.78 is 11.2. The minimum atomic E-state index is -0.599. The summed E-state index contributed by atoms with van der Waals surface area (Å²) >= 11 is 0. The highest BCUT2D eigenvalue weighted by Crippen LogP contribution is 2.68. The maximum atomic E-state index is 13.8. The van der Waals surface area contributed by atoms with Crippen LogP contribution >= 0.6 is 0 Å². The lowest BCUT2D eigenvalue weighted by molar-refractivity contribution is -0.147. The number of hydrogen-bond acceptors (Lipinski definition) is 6. The van der Waals surface area contributed by atoms with E-state index in [4.69, 9.17) is 9.47 Å². The van der Waals surface area contributed by atoms with Gasteiger partial charge in [0.15, 0.2) is 0 Å². The van der Waals surface area contributed by atoms with E-state index in [9.17, 15) is 19.2 Å². The van der Waals surface area contributed by atoms with Crippen molar-refractivity contribution in [3.63, 3.8) is 0 Å². The third-order valence-corrected chi connectivity index (χ3v) is 11.2. The lowest BCUT2D eigenvalue weighted by atomic mass is 9.44. The first kappa shape index (κ1) is 30.3. The molecule has 2 aliphatic carbocycles. The molecule has 0 bridgehead atoms. The number of hydrogen-bond donors (Lipinski definition) is 2. The summed E-state index contributed by atoms with van der Waals surface area (Å²) in [7, 11) is 1.38. The second-order valence-electron chi connectivity index (χ2n) is 13.6. The second kappa shape index (κ2) is 11.0. The molecule has 0 aromatic carbocycles. The Balaban J connectivity index is 1.89. The molecule has 2 aliphatic heterocycles. The zero-order chi connectivity index (χ0) is 29.6. The molecular weight excluding hydrogens is 508 g/mol. The summed E-state index contributed by atoms with van der Waals surface area (Å²) in [6.45, 7) is 14.8. The van der Waals surface area contributed by atoms with E-state index in [1.807, 2.05) is 20.8 Å². The fourth-order valence-corrected chi connectivity index (χ4v) is 9.04. The lowest BCUT2D eigenvalue weighted by Crippen LogP contribution is -2.64. The van der Waals surface area contributed by atoms with E-state index in [-0.39, 0.29) is 52.9 Å². The van der Waals surface area contributed by atoms with Gasteiger partial charge in [-0.15, -0.1) is 0 Å². The molecular formula is C32H48N2O6. The third kappa shape index (κ3) is 4.89. The molecule has 4 aliphatic rings. The Morgan fingerprint density at radius 3 is 2.40 bits per heavy atom. The van der Waals surface area contributed by atoms with E-state index < -0.39 is 23.5 Å². The van der Waals surface area contributed by atoms with Crippen LogP contribution in [-0.2, 0) is 28.7 Å². The number of nitrogens with one attached hydrogen (secondary N) is 2. The van der Waals surface area contributed by atoms with Crippen LogP contribution in [0.1, 0.15) is 93.4 Å². The number of ether oxygens (including phenoxy) is 2. The van der Waals surface area contributed by atoms with Crippen molar-refractivity contribution in [1.29, 1.82) is 0 Å². The van der Waals surface area contributed by atoms with E-state index in [0.717, 1.165) is 30.4 Å². The van der Waals surface area contributed by atoms with Gasteiger partial charge in [-0.25, -0.2) is 4.79 Å². The summed E-state index contributed by atoms with van der Waals surface area (Å²) in [6, 6.07) is -0.166. The van der Waals surface area contributed by atoms with Crippen LogP contribution in [-0.4, -0.2) is 49.6 Å². The number of carbonyl (C=O) groups excluding carboxylic acids is 4. The quantitative estimate of drug-likeness (QED) is 0.290. The van der Waals surface area contributed by atoms with Gasteiger partial charge in [0.2, 0.25) is 11.8 Å². The van der Waals surface area contributed by atoms with E-state index in [0.29, 0.717) is 31.4 Å². The summed E-state index contributed by atoms with van der Waals surface area (Å²) in [4.78, 5) is 52.3. The largest absolute Gasteiger partial charge is 0.466 e. The van der Waals surface area contributed by atoms with E-state index in [1.54, 1.807) is 0 Å². The molecule has 8 atom stereocenters. The molecule has 2 amide bonds. The number of methoxy groups -OCH3 is 1. The third-order valence-electron chi connectivity index (χ3n) is 11.2. The molecule has 4 fully saturated rings. The van der Waals surface area contributed by atoms with Gasteiger partial charge in [-0.05, 0) is 86.0 Å². The Labute approximate surface area is 239 Å². The summed E-state index contributed by atoms with van der Waals surface area (Å²) in [5.41, 5.74) is 1.33. The van der Waals surface area contributed by atoms with Crippen molar-refractivity contribution in [2.45, 2.75) is 106 Å². The predicted octanol–water partition coefficient (Wildman–Crippen LogP) is 4.63. The van der Waals surface area contributed by atoms with Crippen molar-refractivity contribution in [3.05, 3.63) is 22.8 Å². The highest BCUT2D eigenvalue weighted by molar-refractivity contribution is 5.90. The Morgan fingerprint density at radius 1 is 1.07 bits per heavy atom. The summed E-state index contributed by atoms with van der Waals surface area (Å²) in [5.74, 6) is -1.09. The van der Waals surface area contributed by atoms with Gasteiger partial charge in [0.1, 0.15) is 6.10 Å². The maximum absolute atomic E-state index is 13.8. The molecule has 0 spiro atoms. The zero-order valence-electron chi connectivity index (χ0n) is 25.6. The Bertz CT molecular complexity index is 1140. The minimum Gasteiger partial charge on any atom is -0.466 e. The first-order chi connectivity index (χ1) is 18.7. The van der Waals surface area contributed by atoms with Crippen molar-refractivity contribution in [3.8, 4) is 0 Å². The number of carbonyl (C=O) groups is 4. The molecule has 8 heteroatoms. The number of rotatable bonds is 5. The molecule has 8 nitrogen and oxygen atoms in total. The van der Waals surface area contributed by atoms with E-state index in [2.05, 4.69) is 37.5 Å².